The van der Waals surface area contributed by atoms with Crippen LogP contribution >= 0.6 is 11.3 Å². The number of ether oxygens (including phenoxy) is 1. The lowest BCUT2D eigenvalue weighted by Gasteiger charge is -2.19. The van der Waals surface area contributed by atoms with Crippen LogP contribution in [0.15, 0.2) is 36.4 Å². The number of benzene rings is 3. The van der Waals surface area contributed by atoms with Gasteiger partial charge in [0, 0.05) is 22.9 Å². The number of thiophene rings is 1. The molecule has 0 unspecified atom stereocenters. The minimum Gasteiger partial charge on any atom is -0.429 e. The maximum Gasteiger partial charge on any atom is 0.429 e. The number of aryl methyl sites for hydroxylation is 1. The van der Waals surface area contributed by atoms with Gasteiger partial charge in [-0.2, -0.15) is 8.78 Å². The molecule has 1 nitrogen and oxygen atoms in total. The van der Waals surface area contributed by atoms with Crippen molar-refractivity contribution in [2.45, 2.75) is 25.9 Å². The molecule has 0 radical (unpaired) electrons. The van der Waals surface area contributed by atoms with Crippen LogP contribution in [-0.2, 0) is 12.5 Å². The Bertz CT molecular complexity index is 1290. The minimum absolute atomic E-state index is 0.143. The highest BCUT2D eigenvalue weighted by Gasteiger charge is 2.39. The molecule has 3 aromatic carbocycles. The molecule has 0 atom stereocenters. The number of fused-ring (bicyclic) bond motifs is 3. The van der Waals surface area contributed by atoms with Gasteiger partial charge in [0.05, 0.1) is 9.40 Å². The molecule has 1 aromatic heterocycles. The predicted octanol–water partition coefficient (Wildman–Crippen LogP) is 7.83. The summed E-state index contributed by atoms with van der Waals surface area (Å²) >= 11 is 0.690. The number of halogens is 7. The predicted molar refractivity (Wildman–Crippen MR) is 104 cm³/mol. The van der Waals surface area contributed by atoms with Gasteiger partial charge in [0.15, 0.2) is 23.3 Å². The van der Waals surface area contributed by atoms with Crippen LogP contribution in [0.3, 0.4) is 0 Å². The fourth-order valence-electron chi connectivity index (χ4n) is 3.36. The lowest BCUT2D eigenvalue weighted by molar-refractivity contribution is -0.187. The first kappa shape index (κ1) is 21.4. The van der Waals surface area contributed by atoms with Crippen LogP contribution in [0.2, 0.25) is 0 Å². The van der Waals surface area contributed by atoms with E-state index in [-0.39, 0.29) is 26.9 Å². The number of hydrogen-bond donors (Lipinski definition) is 0. The fourth-order valence-corrected chi connectivity index (χ4v) is 4.56. The van der Waals surface area contributed by atoms with Crippen molar-refractivity contribution in [3.8, 4) is 5.75 Å². The van der Waals surface area contributed by atoms with Crippen molar-refractivity contribution >= 4 is 31.5 Å². The molecule has 0 aliphatic carbocycles. The van der Waals surface area contributed by atoms with Crippen LogP contribution in [0.5, 0.6) is 5.75 Å². The largest absolute Gasteiger partial charge is 0.429 e. The Morgan fingerprint density at radius 2 is 1.39 bits per heavy atom. The minimum atomic E-state index is -4.34. The second kappa shape index (κ2) is 7.71. The molecule has 0 fully saturated rings. The molecule has 9 heteroatoms. The monoisotopic (exact) mass is 458 g/mol. The van der Waals surface area contributed by atoms with Crippen LogP contribution in [0.1, 0.15) is 24.5 Å². The molecule has 162 valence electrons. The Morgan fingerprint density at radius 1 is 0.806 bits per heavy atom. The van der Waals surface area contributed by atoms with Crippen LogP contribution in [0.25, 0.3) is 20.2 Å². The molecular formula is C22H13F7OS. The third-order valence-electron chi connectivity index (χ3n) is 4.80. The quantitative estimate of drug-likeness (QED) is 0.219. The van der Waals surface area contributed by atoms with Crippen LogP contribution in [0.4, 0.5) is 30.7 Å². The van der Waals surface area contributed by atoms with Gasteiger partial charge in [-0.1, -0.05) is 31.5 Å². The average Bonchev–Trinajstić information content (AvgIpc) is 3.08. The van der Waals surface area contributed by atoms with Gasteiger partial charge in [0.2, 0.25) is 0 Å². The average molecular weight is 458 g/mol. The van der Waals surface area contributed by atoms with Gasteiger partial charge >= 0.3 is 6.11 Å². The summed E-state index contributed by atoms with van der Waals surface area (Å²) in [6.07, 6.45) is -3.17. The summed E-state index contributed by atoms with van der Waals surface area (Å²) < 4.78 is 103. The molecule has 0 spiro atoms. The topological polar surface area (TPSA) is 9.23 Å². The Hall–Kier alpha value is -2.81. The molecular weight excluding hydrogens is 445 g/mol. The Labute approximate surface area is 175 Å². The molecule has 0 saturated carbocycles. The van der Waals surface area contributed by atoms with E-state index in [1.165, 1.54) is 6.07 Å². The van der Waals surface area contributed by atoms with Gasteiger partial charge in [-0.15, -0.1) is 11.3 Å². The molecule has 4 aromatic rings. The summed E-state index contributed by atoms with van der Waals surface area (Å²) in [6.45, 7) is 1.88. The van der Waals surface area contributed by atoms with Crippen LogP contribution in [0, 0.1) is 29.1 Å². The van der Waals surface area contributed by atoms with Crippen LogP contribution < -0.4 is 4.74 Å². The fraction of sp³-hybridized carbons (Fsp3) is 0.182. The molecule has 0 amide bonds. The lowest BCUT2D eigenvalue weighted by Crippen LogP contribution is -2.23. The van der Waals surface area contributed by atoms with Crippen molar-refractivity contribution in [3.05, 3.63) is 76.6 Å². The van der Waals surface area contributed by atoms with E-state index in [4.69, 9.17) is 0 Å². The lowest BCUT2D eigenvalue weighted by atomic mass is 10.0. The second-order valence-electron chi connectivity index (χ2n) is 6.89. The van der Waals surface area contributed by atoms with Gasteiger partial charge in [-0.25, -0.2) is 22.0 Å². The zero-order valence-electron chi connectivity index (χ0n) is 15.8. The van der Waals surface area contributed by atoms with E-state index in [1.807, 2.05) is 6.92 Å². The summed E-state index contributed by atoms with van der Waals surface area (Å²) in [5.74, 6) is -8.20. The van der Waals surface area contributed by atoms with Crippen molar-refractivity contribution < 1.29 is 35.5 Å². The first-order chi connectivity index (χ1) is 14.6. The van der Waals surface area contributed by atoms with E-state index in [2.05, 4.69) is 4.74 Å². The van der Waals surface area contributed by atoms with Gasteiger partial charge in [-0.05, 0) is 18.1 Å². The summed E-state index contributed by atoms with van der Waals surface area (Å²) in [5.41, 5.74) is -0.762. The Balaban J connectivity index is 1.81. The van der Waals surface area contributed by atoms with E-state index in [0.717, 1.165) is 6.07 Å². The molecule has 0 saturated heterocycles. The first-order valence-corrected chi connectivity index (χ1v) is 9.99. The Kier molecular flexibility index (Phi) is 5.33. The van der Waals surface area contributed by atoms with Crippen LogP contribution in [-0.4, -0.2) is 0 Å². The molecule has 0 aliphatic rings. The van der Waals surface area contributed by atoms with Gasteiger partial charge in [0.1, 0.15) is 17.1 Å². The molecule has 0 bridgehead atoms. The van der Waals surface area contributed by atoms with Gasteiger partial charge in [-0.3, -0.25) is 0 Å². The van der Waals surface area contributed by atoms with Gasteiger partial charge < -0.3 is 4.74 Å². The van der Waals surface area contributed by atoms with E-state index in [0.29, 0.717) is 35.1 Å². The molecule has 0 aliphatic heterocycles. The number of hydrogen-bond acceptors (Lipinski definition) is 2. The van der Waals surface area contributed by atoms with Gasteiger partial charge in [0.25, 0.3) is 0 Å². The third-order valence-corrected chi connectivity index (χ3v) is 6.01. The van der Waals surface area contributed by atoms with Crippen molar-refractivity contribution in [2.24, 2.45) is 0 Å². The summed E-state index contributed by atoms with van der Waals surface area (Å²) in [6, 6.07) is 5.61. The summed E-state index contributed by atoms with van der Waals surface area (Å²) in [4.78, 5) is 0. The second-order valence-corrected chi connectivity index (χ2v) is 7.91. The zero-order chi connectivity index (χ0) is 22.5. The molecule has 0 N–H and O–H groups in total. The van der Waals surface area contributed by atoms with Crippen molar-refractivity contribution in [1.82, 2.24) is 0 Å². The van der Waals surface area contributed by atoms with E-state index in [9.17, 15) is 26.3 Å². The maximum atomic E-state index is 15.0. The number of rotatable bonds is 5. The highest BCUT2D eigenvalue weighted by molar-refractivity contribution is 7.25. The molecule has 1 heterocycles. The van der Waals surface area contributed by atoms with E-state index < -0.39 is 46.5 Å². The first-order valence-electron chi connectivity index (χ1n) is 9.18. The highest BCUT2D eigenvalue weighted by Crippen LogP contribution is 2.42. The molecule has 4 rings (SSSR count). The summed E-state index contributed by atoms with van der Waals surface area (Å²) in [5, 5.41) is 0.632. The smallest absolute Gasteiger partial charge is 0.429 e. The SMILES string of the molecule is CCCc1ccc2c(sc3c(F)c(C(F)(F)Oc4cc(F)c(F)c(F)c4)ccc32)c1F. The van der Waals surface area contributed by atoms with E-state index >= 15 is 4.39 Å². The standard InChI is InChI=1S/C22H13F7OS/c1-2-3-10-4-5-12-13-6-7-14(18(26)21(13)31-20(12)17(10)25)22(28,29)30-11-8-15(23)19(27)16(24)9-11/h4-9H,2-3H2,1H3. The maximum absolute atomic E-state index is 15.0. The zero-order valence-corrected chi connectivity index (χ0v) is 16.7. The van der Waals surface area contributed by atoms with Crippen molar-refractivity contribution in [3.63, 3.8) is 0 Å². The number of alkyl halides is 2. The van der Waals surface area contributed by atoms with E-state index in [1.54, 1.807) is 12.1 Å². The molecule has 31 heavy (non-hydrogen) atoms. The third kappa shape index (κ3) is 3.60. The van der Waals surface area contributed by atoms with Crippen molar-refractivity contribution in [1.29, 1.82) is 0 Å². The summed E-state index contributed by atoms with van der Waals surface area (Å²) in [7, 11) is 0. The highest BCUT2D eigenvalue weighted by atomic mass is 32.1. The normalized spacial score (nSPS) is 12.1. The van der Waals surface area contributed by atoms with Crippen molar-refractivity contribution in [2.75, 3.05) is 0 Å². The Morgan fingerprint density at radius 3 is 2.00 bits per heavy atom.